The van der Waals surface area contributed by atoms with Gasteiger partial charge in [-0.3, -0.25) is 19.3 Å². The molecule has 1 saturated heterocycles. The third-order valence-electron chi connectivity index (χ3n) is 5.63. The van der Waals surface area contributed by atoms with Crippen molar-refractivity contribution in [2.45, 2.75) is 77.2 Å². The predicted octanol–water partition coefficient (Wildman–Crippen LogP) is 2.17. The SMILES string of the molecule is CC(C)(C)OC(=O)N1CCC[C@H]1C(=O)N[C@@H](CCCCNC(=O)OCc1ccccc1)C(=O)NCC(=O)O. The zero-order valence-corrected chi connectivity index (χ0v) is 22.2. The third kappa shape index (κ3) is 11.1. The number of nitrogens with one attached hydrogen (secondary N) is 3. The van der Waals surface area contributed by atoms with Gasteiger partial charge in [0.15, 0.2) is 0 Å². The van der Waals surface area contributed by atoms with Crippen molar-refractivity contribution in [3.63, 3.8) is 0 Å². The van der Waals surface area contributed by atoms with Gasteiger partial charge in [0.25, 0.3) is 0 Å². The van der Waals surface area contributed by atoms with Crippen LogP contribution in [0.15, 0.2) is 30.3 Å². The largest absolute Gasteiger partial charge is 0.480 e. The van der Waals surface area contributed by atoms with Crippen LogP contribution in [-0.4, -0.2) is 77.3 Å². The van der Waals surface area contributed by atoms with E-state index in [2.05, 4.69) is 16.0 Å². The molecule has 1 aromatic carbocycles. The summed E-state index contributed by atoms with van der Waals surface area (Å²) >= 11 is 0. The summed E-state index contributed by atoms with van der Waals surface area (Å²) in [6, 6.07) is 7.45. The Morgan fingerprint density at radius 3 is 2.45 bits per heavy atom. The number of likely N-dealkylation sites (tertiary alicyclic amines) is 1. The Morgan fingerprint density at radius 2 is 1.79 bits per heavy atom. The summed E-state index contributed by atoms with van der Waals surface area (Å²) in [5, 5.41) is 16.5. The topological polar surface area (TPSA) is 163 Å². The van der Waals surface area contributed by atoms with E-state index >= 15 is 0 Å². The molecule has 1 heterocycles. The van der Waals surface area contributed by atoms with Gasteiger partial charge in [-0.25, -0.2) is 9.59 Å². The average Bonchev–Trinajstić information content (AvgIpc) is 3.35. The van der Waals surface area contributed by atoms with Gasteiger partial charge in [0.1, 0.15) is 30.8 Å². The number of unbranched alkanes of at least 4 members (excludes halogenated alkanes) is 1. The first-order valence-electron chi connectivity index (χ1n) is 12.7. The number of hydrogen-bond donors (Lipinski definition) is 4. The number of aliphatic carboxylic acids is 1. The number of carbonyl (C=O) groups is 5. The molecule has 0 unspecified atom stereocenters. The number of amides is 4. The molecule has 0 saturated carbocycles. The molecule has 2 rings (SSSR count). The Morgan fingerprint density at radius 1 is 1.08 bits per heavy atom. The summed E-state index contributed by atoms with van der Waals surface area (Å²) in [6.07, 6.45) is 1.01. The maximum Gasteiger partial charge on any atom is 0.410 e. The summed E-state index contributed by atoms with van der Waals surface area (Å²) in [7, 11) is 0. The van der Waals surface area contributed by atoms with Crippen LogP contribution in [0, 0.1) is 0 Å². The number of carbonyl (C=O) groups excluding carboxylic acids is 4. The van der Waals surface area contributed by atoms with E-state index in [9.17, 15) is 24.0 Å². The highest BCUT2D eigenvalue weighted by Crippen LogP contribution is 2.21. The van der Waals surface area contributed by atoms with E-state index in [1.165, 1.54) is 4.90 Å². The molecule has 2 atom stereocenters. The number of nitrogens with zero attached hydrogens (tertiary/aromatic N) is 1. The zero-order chi connectivity index (χ0) is 28.1. The van der Waals surface area contributed by atoms with Gasteiger partial charge in [-0.15, -0.1) is 0 Å². The molecule has 4 amide bonds. The second kappa shape index (κ2) is 14.8. The van der Waals surface area contributed by atoms with Crippen molar-refractivity contribution in [2.75, 3.05) is 19.6 Å². The van der Waals surface area contributed by atoms with Crippen molar-refractivity contribution in [2.24, 2.45) is 0 Å². The van der Waals surface area contributed by atoms with Crippen LogP contribution in [0.2, 0.25) is 0 Å². The van der Waals surface area contributed by atoms with Crippen molar-refractivity contribution < 1.29 is 38.6 Å². The van der Waals surface area contributed by atoms with Crippen LogP contribution < -0.4 is 16.0 Å². The molecule has 0 aliphatic carbocycles. The van der Waals surface area contributed by atoms with Crippen LogP contribution in [0.4, 0.5) is 9.59 Å². The van der Waals surface area contributed by atoms with E-state index in [0.29, 0.717) is 38.8 Å². The fourth-order valence-corrected chi connectivity index (χ4v) is 3.84. The van der Waals surface area contributed by atoms with Crippen LogP contribution in [0.5, 0.6) is 0 Å². The Hall–Kier alpha value is -3.83. The van der Waals surface area contributed by atoms with Gasteiger partial charge in [-0.1, -0.05) is 30.3 Å². The Labute approximate surface area is 222 Å². The number of carboxylic acid groups (broad SMARTS) is 1. The monoisotopic (exact) mass is 534 g/mol. The fourth-order valence-electron chi connectivity index (χ4n) is 3.84. The summed E-state index contributed by atoms with van der Waals surface area (Å²) in [5.41, 5.74) is 0.142. The third-order valence-corrected chi connectivity index (χ3v) is 5.63. The van der Waals surface area contributed by atoms with Gasteiger partial charge in [0, 0.05) is 13.1 Å². The van der Waals surface area contributed by atoms with Gasteiger partial charge in [-0.05, 0) is 58.4 Å². The van der Waals surface area contributed by atoms with Gasteiger partial charge in [-0.2, -0.15) is 0 Å². The quantitative estimate of drug-likeness (QED) is 0.296. The van der Waals surface area contributed by atoms with Gasteiger partial charge >= 0.3 is 18.2 Å². The lowest BCUT2D eigenvalue weighted by Gasteiger charge is -2.29. The normalized spacial score (nSPS) is 15.8. The molecule has 0 radical (unpaired) electrons. The first kappa shape index (κ1) is 30.4. The van der Waals surface area contributed by atoms with Crippen LogP contribution >= 0.6 is 0 Å². The smallest absolute Gasteiger partial charge is 0.410 e. The number of carboxylic acids is 1. The molecular formula is C26H38N4O8. The molecular weight excluding hydrogens is 496 g/mol. The standard InChI is InChI=1S/C26H38N4O8/c1-26(2,3)38-25(36)30-15-9-13-20(30)23(34)29-19(22(33)28-16-21(31)32)12-7-8-14-27-24(35)37-17-18-10-5-4-6-11-18/h4-6,10-11,19-20H,7-9,12-17H2,1-3H3,(H,27,35)(H,28,33)(H,29,34)(H,31,32)/t19-,20-/m0/s1. The average molecular weight is 535 g/mol. The van der Waals surface area contributed by atoms with Crippen molar-refractivity contribution in [1.82, 2.24) is 20.9 Å². The fraction of sp³-hybridized carbons (Fsp3) is 0.577. The van der Waals surface area contributed by atoms with Gasteiger partial charge in [0.05, 0.1) is 0 Å². The molecule has 12 nitrogen and oxygen atoms in total. The van der Waals surface area contributed by atoms with Crippen molar-refractivity contribution in [1.29, 1.82) is 0 Å². The van der Waals surface area contributed by atoms with Crippen molar-refractivity contribution >= 4 is 30.0 Å². The molecule has 12 heteroatoms. The molecule has 0 bridgehead atoms. The molecule has 1 aromatic rings. The number of benzene rings is 1. The predicted molar refractivity (Wildman–Crippen MR) is 137 cm³/mol. The Bertz CT molecular complexity index is 964. The van der Waals surface area contributed by atoms with Gasteiger partial charge < -0.3 is 30.5 Å². The number of hydrogen-bond acceptors (Lipinski definition) is 7. The minimum Gasteiger partial charge on any atom is -0.480 e. The number of rotatable bonds is 12. The molecule has 1 aliphatic rings. The van der Waals surface area contributed by atoms with Crippen molar-refractivity contribution in [3.8, 4) is 0 Å². The molecule has 1 fully saturated rings. The minimum absolute atomic E-state index is 0.145. The number of alkyl carbamates (subject to hydrolysis) is 1. The minimum atomic E-state index is -1.21. The van der Waals surface area contributed by atoms with E-state index < -0.39 is 54.2 Å². The summed E-state index contributed by atoms with van der Waals surface area (Å²) in [4.78, 5) is 62.3. The molecule has 4 N–H and O–H groups in total. The highest BCUT2D eigenvalue weighted by atomic mass is 16.6. The van der Waals surface area contributed by atoms with Crippen molar-refractivity contribution in [3.05, 3.63) is 35.9 Å². The van der Waals surface area contributed by atoms with E-state index in [1.807, 2.05) is 30.3 Å². The lowest BCUT2D eigenvalue weighted by Crippen LogP contribution is -2.54. The first-order valence-corrected chi connectivity index (χ1v) is 12.7. The molecule has 210 valence electrons. The molecule has 0 aromatic heterocycles. The van der Waals surface area contributed by atoms with Crippen LogP contribution in [0.3, 0.4) is 0 Å². The lowest BCUT2D eigenvalue weighted by atomic mass is 10.1. The van der Waals surface area contributed by atoms with Crippen LogP contribution in [0.1, 0.15) is 58.4 Å². The highest BCUT2D eigenvalue weighted by molar-refractivity contribution is 5.92. The second-order valence-corrected chi connectivity index (χ2v) is 9.99. The molecule has 1 aliphatic heterocycles. The maximum absolute atomic E-state index is 13.0. The van der Waals surface area contributed by atoms with Crippen LogP contribution in [-0.2, 0) is 30.5 Å². The summed E-state index contributed by atoms with van der Waals surface area (Å²) < 4.78 is 10.5. The molecule has 0 spiro atoms. The summed E-state index contributed by atoms with van der Waals surface area (Å²) in [5.74, 6) is -2.36. The van der Waals surface area contributed by atoms with E-state index in [4.69, 9.17) is 14.6 Å². The zero-order valence-electron chi connectivity index (χ0n) is 22.2. The van der Waals surface area contributed by atoms with Gasteiger partial charge in [0.2, 0.25) is 11.8 Å². The molecule has 38 heavy (non-hydrogen) atoms. The summed E-state index contributed by atoms with van der Waals surface area (Å²) in [6.45, 7) is 5.40. The lowest BCUT2D eigenvalue weighted by molar-refractivity contribution is -0.138. The van der Waals surface area contributed by atoms with Crippen LogP contribution in [0.25, 0.3) is 0 Å². The van der Waals surface area contributed by atoms with E-state index in [0.717, 1.165) is 5.56 Å². The van der Waals surface area contributed by atoms with E-state index in [1.54, 1.807) is 20.8 Å². The maximum atomic E-state index is 13.0. The Kier molecular flexibility index (Phi) is 11.8. The highest BCUT2D eigenvalue weighted by Gasteiger charge is 2.37. The Balaban J connectivity index is 1.85. The number of ether oxygens (including phenoxy) is 2. The second-order valence-electron chi connectivity index (χ2n) is 9.99. The van der Waals surface area contributed by atoms with E-state index in [-0.39, 0.29) is 13.0 Å². The first-order chi connectivity index (χ1) is 18.0.